The summed E-state index contributed by atoms with van der Waals surface area (Å²) in [6, 6.07) is 8.11. The Morgan fingerprint density at radius 3 is 2.86 bits per heavy atom. The van der Waals surface area contributed by atoms with Gasteiger partial charge in [0.05, 0.1) is 13.0 Å². The summed E-state index contributed by atoms with van der Waals surface area (Å²) in [6.45, 7) is 3.08. The van der Waals surface area contributed by atoms with Crippen molar-refractivity contribution >= 4 is 11.8 Å². The lowest BCUT2D eigenvalue weighted by atomic mass is 10.0. The number of hydrogen-bond donors (Lipinski definition) is 1. The minimum atomic E-state index is 0.300. The highest BCUT2D eigenvalue weighted by Gasteiger charge is 2.32. The monoisotopic (exact) mass is 305 g/mol. The molecular weight excluding hydrogens is 286 g/mol. The molecule has 1 aromatic heterocycles. The first-order valence-corrected chi connectivity index (χ1v) is 8.26. The van der Waals surface area contributed by atoms with Gasteiger partial charge in [0.1, 0.15) is 5.75 Å². The van der Waals surface area contributed by atoms with Crippen LogP contribution in [0, 0.1) is 0 Å². The molecule has 2 heterocycles. The summed E-state index contributed by atoms with van der Waals surface area (Å²) in [7, 11) is 1.65. The maximum absolute atomic E-state index is 5.49. The van der Waals surface area contributed by atoms with E-state index in [0.29, 0.717) is 17.8 Å². The highest BCUT2D eigenvalue weighted by molar-refractivity contribution is 7.99. The Bertz CT molecular complexity index is 585. The first kappa shape index (κ1) is 14.4. The molecule has 0 radical (unpaired) electrons. The van der Waals surface area contributed by atoms with Crippen molar-refractivity contribution in [2.45, 2.75) is 18.9 Å². The van der Waals surface area contributed by atoms with E-state index >= 15 is 0 Å². The van der Waals surface area contributed by atoms with Crippen LogP contribution in [0.3, 0.4) is 0 Å². The SMILES string of the molecule is CCNC1CSCC1c1nc(-c2ccc(OC)cc2)no1. The highest BCUT2D eigenvalue weighted by Crippen LogP contribution is 2.33. The first-order chi connectivity index (χ1) is 10.3. The van der Waals surface area contributed by atoms with Gasteiger partial charge in [-0.2, -0.15) is 16.7 Å². The van der Waals surface area contributed by atoms with E-state index in [0.717, 1.165) is 35.3 Å². The molecule has 0 amide bonds. The Labute approximate surface area is 128 Å². The summed E-state index contributed by atoms with van der Waals surface area (Å²) in [5.41, 5.74) is 0.941. The first-order valence-electron chi connectivity index (χ1n) is 7.11. The molecule has 2 unspecified atom stereocenters. The molecule has 112 valence electrons. The zero-order valence-electron chi connectivity index (χ0n) is 12.2. The molecule has 1 fully saturated rings. The molecule has 2 atom stereocenters. The summed E-state index contributed by atoms with van der Waals surface area (Å²) < 4.78 is 10.6. The fourth-order valence-electron chi connectivity index (χ4n) is 2.50. The van der Waals surface area contributed by atoms with E-state index in [4.69, 9.17) is 9.26 Å². The number of ether oxygens (including phenoxy) is 1. The molecular formula is C15H19N3O2S. The van der Waals surface area contributed by atoms with Gasteiger partial charge in [-0.3, -0.25) is 0 Å². The van der Waals surface area contributed by atoms with Crippen LogP contribution in [0.1, 0.15) is 18.7 Å². The van der Waals surface area contributed by atoms with E-state index in [9.17, 15) is 0 Å². The second-order valence-electron chi connectivity index (χ2n) is 4.99. The summed E-state index contributed by atoms with van der Waals surface area (Å²) in [4.78, 5) is 4.58. The Balaban J connectivity index is 1.79. The van der Waals surface area contributed by atoms with Crippen molar-refractivity contribution in [2.24, 2.45) is 0 Å². The predicted octanol–water partition coefficient (Wildman–Crippen LogP) is 2.55. The van der Waals surface area contributed by atoms with Gasteiger partial charge in [0.15, 0.2) is 0 Å². The minimum Gasteiger partial charge on any atom is -0.497 e. The number of nitrogens with zero attached hydrogens (tertiary/aromatic N) is 2. The maximum atomic E-state index is 5.49. The van der Waals surface area contributed by atoms with E-state index in [2.05, 4.69) is 22.4 Å². The molecule has 6 heteroatoms. The molecule has 1 saturated heterocycles. The van der Waals surface area contributed by atoms with E-state index in [1.807, 2.05) is 36.0 Å². The van der Waals surface area contributed by atoms with Crippen LogP contribution in [0.5, 0.6) is 5.75 Å². The van der Waals surface area contributed by atoms with Crippen molar-refractivity contribution < 1.29 is 9.26 Å². The van der Waals surface area contributed by atoms with Gasteiger partial charge in [0.2, 0.25) is 11.7 Å². The predicted molar refractivity (Wildman–Crippen MR) is 83.8 cm³/mol. The summed E-state index contributed by atoms with van der Waals surface area (Å²) in [5, 5.41) is 7.61. The minimum absolute atomic E-state index is 0.300. The third-order valence-electron chi connectivity index (χ3n) is 3.65. The molecule has 3 rings (SSSR count). The van der Waals surface area contributed by atoms with Crippen LogP contribution in [-0.4, -0.2) is 41.3 Å². The smallest absolute Gasteiger partial charge is 0.232 e. The zero-order chi connectivity index (χ0) is 14.7. The quantitative estimate of drug-likeness (QED) is 0.916. The normalized spacial score (nSPS) is 21.6. The van der Waals surface area contributed by atoms with Gasteiger partial charge in [-0.1, -0.05) is 12.1 Å². The summed E-state index contributed by atoms with van der Waals surface area (Å²) in [6.07, 6.45) is 0. The van der Waals surface area contributed by atoms with Crippen molar-refractivity contribution in [3.63, 3.8) is 0 Å². The molecule has 1 aliphatic heterocycles. The second kappa shape index (κ2) is 6.49. The third-order valence-corrected chi connectivity index (χ3v) is 4.84. The highest BCUT2D eigenvalue weighted by atomic mass is 32.2. The number of aromatic nitrogens is 2. The molecule has 1 aromatic carbocycles. The standard InChI is InChI=1S/C15H19N3O2S/c1-3-16-13-9-21-8-12(13)15-17-14(18-20-15)10-4-6-11(19-2)7-5-10/h4-7,12-13,16H,3,8-9H2,1-2H3. The van der Waals surface area contributed by atoms with Gasteiger partial charge >= 0.3 is 0 Å². The van der Waals surface area contributed by atoms with Gasteiger partial charge in [-0.25, -0.2) is 0 Å². The molecule has 0 aliphatic carbocycles. The number of thioether (sulfide) groups is 1. The molecule has 0 bridgehead atoms. The lowest BCUT2D eigenvalue weighted by Crippen LogP contribution is -2.34. The fourth-order valence-corrected chi connectivity index (χ4v) is 3.87. The van der Waals surface area contributed by atoms with Crippen LogP contribution in [-0.2, 0) is 0 Å². The average Bonchev–Trinajstić information content (AvgIpc) is 3.16. The molecule has 1 N–H and O–H groups in total. The van der Waals surface area contributed by atoms with Crippen LogP contribution >= 0.6 is 11.8 Å². The number of rotatable bonds is 5. The van der Waals surface area contributed by atoms with Gasteiger partial charge < -0.3 is 14.6 Å². The molecule has 2 aromatic rings. The summed E-state index contributed by atoms with van der Waals surface area (Å²) >= 11 is 1.93. The van der Waals surface area contributed by atoms with Crippen LogP contribution in [0.2, 0.25) is 0 Å². The fraction of sp³-hybridized carbons (Fsp3) is 0.467. The van der Waals surface area contributed by atoms with E-state index < -0.39 is 0 Å². The average molecular weight is 305 g/mol. The lowest BCUT2D eigenvalue weighted by Gasteiger charge is -2.15. The van der Waals surface area contributed by atoms with Crippen molar-refractivity contribution in [2.75, 3.05) is 25.2 Å². The molecule has 21 heavy (non-hydrogen) atoms. The molecule has 0 saturated carbocycles. The van der Waals surface area contributed by atoms with Crippen LogP contribution < -0.4 is 10.1 Å². The van der Waals surface area contributed by atoms with Crippen LogP contribution in [0.25, 0.3) is 11.4 Å². The Kier molecular flexibility index (Phi) is 4.45. The van der Waals surface area contributed by atoms with Crippen molar-refractivity contribution in [3.05, 3.63) is 30.2 Å². The van der Waals surface area contributed by atoms with Crippen LogP contribution in [0.4, 0.5) is 0 Å². The zero-order valence-corrected chi connectivity index (χ0v) is 13.0. The number of nitrogens with one attached hydrogen (secondary N) is 1. The molecule has 1 aliphatic rings. The van der Waals surface area contributed by atoms with E-state index in [-0.39, 0.29) is 0 Å². The number of likely N-dealkylation sites (N-methyl/N-ethyl adjacent to an activating group) is 1. The Morgan fingerprint density at radius 2 is 2.14 bits per heavy atom. The van der Waals surface area contributed by atoms with Gasteiger partial charge in [0, 0.05) is 23.1 Å². The summed E-state index contributed by atoms with van der Waals surface area (Å²) in [5.74, 6) is 4.62. The lowest BCUT2D eigenvalue weighted by molar-refractivity contribution is 0.340. The van der Waals surface area contributed by atoms with E-state index in [1.54, 1.807) is 7.11 Å². The van der Waals surface area contributed by atoms with Crippen molar-refractivity contribution in [1.29, 1.82) is 0 Å². The van der Waals surface area contributed by atoms with Gasteiger partial charge in [-0.05, 0) is 30.8 Å². The Hall–Kier alpha value is -1.53. The Morgan fingerprint density at radius 1 is 1.33 bits per heavy atom. The largest absolute Gasteiger partial charge is 0.497 e. The number of hydrogen-bond acceptors (Lipinski definition) is 6. The third kappa shape index (κ3) is 3.06. The van der Waals surface area contributed by atoms with E-state index in [1.165, 1.54) is 0 Å². The number of benzene rings is 1. The maximum Gasteiger partial charge on any atom is 0.232 e. The van der Waals surface area contributed by atoms with Crippen LogP contribution in [0.15, 0.2) is 28.8 Å². The topological polar surface area (TPSA) is 60.2 Å². The van der Waals surface area contributed by atoms with Crippen molar-refractivity contribution in [3.8, 4) is 17.1 Å². The molecule has 0 spiro atoms. The molecule has 5 nitrogen and oxygen atoms in total. The second-order valence-corrected chi connectivity index (χ2v) is 6.07. The van der Waals surface area contributed by atoms with Gasteiger partial charge in [-0.15, -0.1) is 0 Å². The van der Waals surface area contributed by atoms with Gasteiger partial charge in [0.25, 0.3) is 0 Å². The number of methoxy groups -OCH3 is 1. The van der Waals surface area contributed by atoms with Crippen molar-refractivity contribution in [1.82, 2.24) is 15.5 Å².